The molecule has 0 aliphatic carbocycles. The van der Waals surface area contributed by atoms with Gasteiger partial charge in [0.25, 0.3) is 0 Å². The molecule has 2 heteroatoms. The van der Waals surface area contributed by atoms with Gasteiger partial charge in [-0.1, -0.05) is 60.7 Å². The molecule has 0 saturated carbocycles. The van der Waals surface area contributed by atoms with E-state index in [-0.39, 0.29) is 6.10 Å². The molecule has 0 spiro atoms. The van der Waals surface area contributed by atoms with Gasteiger partial charge in [0.2, 0.25) is 0 Å². The topological polar surface area (TPSA) is 23.5 Å². The second-order valence-corrected chi connectivity index (χ2v) is 5.62. The molecule has 0 aromatic heterocycles. The lowest BCUT2D eigenvalue weighted by molar-refractivity contribution is 0.110. The zero-order chi connectivity index (χ0) is 13.8. The average Bonchev–Trinajstić information content (AvgIpc) is 2.97. The quantitative estimate of drug-likeness (QED) is 0.919. The summed E-state index contributed by atoms with van der Waals surface area (Å²) in [7, 11) is 0. The Bertz CT molecular complexity index is 526. The van der Waals surface area contributed by atoms with E-state index in [0.29, 0.717) is 5.92 Å². The normalized spacial score (nSPS) is 20.9. The zero-order valence-corrected chi connectivity index (χ0v) is 11.7. The van der Waals surface area contributed by atoms with Crippen LogP contribution in [0.3, 0.4) is 0 Å². The van der Waals surface area contributed by atoms with Gasteiger partial charge in [0.15, 0.2) is 0 Å². The van der Waals surface area contributed by atoms with E-state index in [4.69, 9.17) is 0 Å². The third-order valence-electron chi connectivity index (χ3n) is 4.15. The molecular weight excluding hydrogens is 246 g/mol. The first-order chi connectivity index (χ1) is 9.83. The van der Waals surface area contributed by atoms with E-state index in [0.717, 1.165) is 31.6 Å². The van der Waals surface area contributed by atoms with Gasteiger partial charge >= 0.3 is 0 Å². The van der Waals surface area contributed by atoms with Crippen LogP contribution in [0.2, 0.25) is 0 Å². The average molecular weight is 267 g/mol. The minimum atomic E-state index is -0.336. The maximum atomic E-state index is 10.5. The molecule has 0 amide bonds. The third kappa shape index (κ3) is 3.09. The molecule has 2 nitrogen and oxygen atoms in total. The highest BCUT2D eigenvalue weighted by atomic mass is 16.3. The Kier molecular flexibility index (Phi) is 4.14. The molecule has 1 heterocycles. The van der Waals surface area contributed by atoms with Gasteiger partial charge in [0.1, 0.15) is 0 Å². The maximum absolute atomic E-state index is 10.5. The first kappa shape index (κ1) is 13.3. The fraction of sp³-hybridized carbons (Fsp3) is 0.333. The van der Waals surface area contributed by atoms with Crippen LogP contribution in [0.15, 0.2) is 60.7 Å². The smallest absolute Gasteiger partial charge is 0.0830 e. The highest BCUT2D eigenvalue weighted by Gasteiger charge is 2.28. The van der Waals surface area contributed by atoms with Crippen LogP contribution in [0.1, 0.15) is 23.7 Å². The minimum Gasteiger partial charge on any atom is -0.388 e. The monoisotopic (exact) mass is 267 g/mol. The number of nitrogens with zero attached hydrogens (tertiary/aromatic N) is 1. The highest BCUT2D eigenvalue weighted by molar-refractivity contribution is 5.19. The van der Waals surface area contributed by atoms with Crippen molar-refractivity contribution < 1.29 is 5.11 Å². The predicted molar refractivity (Wildman–Crippen MR) is 81.2 cm³/mol. The zero-order valence-electron chi connectivity index (χ0n) is 11.7. The van der Waals surface area contributed by atoms with Crippen molar-refractivity contribution in [3.05, 3.63) is 71.8 Å². The molecule has 2 atom stereocenters. The molecule has 0 radical (unpaired) electrons. The van der Waals surface area contributed by atoms with Gasteiger partial charge in [-0.25, -0.2) is 0 Å². The summed E-state index contributed by atoms with van der Waals surface area (Å²) in [6, 6.07) is 20.6. The molecule has 1 aliphatic rings. The van der Waals surface area contributed by atoms with Crippen LogP contribution in [-0.4, -0.2) is 23.1 Å². The van der Waals surface area contributed by atoms with Crippen molar-refractivity contribution in [3.8, 4) is 0 Å². The van der Waals surface area contributed by atoms with Crippen molar-refractivity contribution in [2.24, 2.45) is 5.92 Å². The van der Waals surface area contributed by atoms with Crippen LogP contribution < -0.4 is 0 Å². The van der Waals surface area contributed by atoms with Gasteiger partial charge in [-0.2, -0.15) is 0 Å². The first-order valence-electron chi connectivity index (χ1n) is 7.32. The van der Waals surface area contributed by atoms with E-state index < -0.39 is 0 Å². The molecule has 0 unspecified atom stereocenters. The Morgan fingerprint density at radius 1 is 1.00 bits per heavy atom. The summed E-state index contributed by atoms with van der Waals surface area (Å²) < 4.78 is 0. The van der Waals surface area contributed by atoms with Crippen LogP contribution in [0, 0.1) is 5.92 Å². The summed E-state index contributed by atoms with van der Waals surface area (Å²) in [6.45, 7) is 3.03. The number of rotatable bonds is 4. The van der Waals surface area contributed by atoms with Gasteiger partial charge in [-0.3, -0.25) is 4.90 Å². The summed E-state index contributed by atoms with van der Waals surface area (Å²) in [6.07, 6.45) is 0.736. The SMILES string of the molecule is O[C@H](c1ccccc1)[C@H]1CCN(Cc2ccccc2)C1. The summed E-state index contributed by atoms with van der Waals surface area (Å²) in [5.74, 6) is 0.348. The van der Waals surface area contributed by atoms with Crippen LogP contribution >= 0.6 is 0 Å². The van der Waals surface area contributed by atoms with Gasteiger partial charge in [-0.15, -0.1) is 0 Å². The van der Waals surface area contributed by atoms with E-state index in [1.54, 1.807) is 0 Å². The Hall–Kier alpha value is -1.64. The lowest BCUT2D eigenvalue weighted by Gasteiger charge is -2.20. The van der Waals surface area contributed by atoms with Crippen LogP contribution in [0.5, 0.6) is 0 Å². The number of benzene rings is 2. The molecule has 1 aliphatic heterocycles. The molecule has 1 N–H and O–H groups in total. The summed E-state index contributed by atoms with van der Waals surface area (Å²) in [5.41, 5.74) is 2.39. The van der Waals surface area contributed by atoms with Gasteiger partial charge in [0.05, 0.1) is 6.10 Å². The van der Waals surface area contributed by atoms with Crippen molar-refractivity contribution in [2.75, 3.05) is 13.1 Å². The summed E-state index contributed by atoms with van der Waals surface area (Å²) in [5, 5.41) is 10.5. The molecular formula is C18H21NO. The lowest BCUT2D eigenvalue weighted by Crippen LogP contribution is -2.22. The van der Waals surface area contributed by atoms with E-state index in [2.05, 4.69) is 35.2 Å². The summed E-state index contributed by atoms with van der Waals surface area (Å²) >= 11 is 0. The van der Waals surface area contributed by atoms with Gasteiger partial charge in [0, 0.05) is 19.0 Å². The largest absolute Gasteiger partial charge is 0.388 e. The number of aliphatic hydroxyl groups excluding tert-OH is 1. The van der Waals surface area contributed by atoms with E-state index >= 15 is 0 Å². The Morgan fingerprint density at radius 2 is 1.65 bits per heavy atom. The van der Waals surface area contributed by atoms with Crippen LogP contribution in [0.25, 0.3) is 0 Å². The van der Waals surface area contributed by atoms with Gasteiger partial charge < -0.3 is 5.11 Å². The van der Waals surface area contributed by atoms with E-state index in [1.165, 1.54) is 5.56 Å². The molecule has 2 aromatic rings. The number of likely N-dealkylation sites (tertiary alicyclic amines) is 1. The molecule has 2 aromatic carbocycles. The van der Waals surface area contributed by atoms with Crippen LogP contribution in [-0.2, 0) is 6.54 Å². The minimum absolute atomic E-state index is 0.336. The highest BCUT2D eigenvalue weighted by Crippen LogP contribution is 2.30. The fourth-order valence-corrected chi connectivity index (χ4v) is 3.03. The van der Waals surface area contributed by atoms with Crippen molar-refractivity contribution >= 4 is 0 Å². The molecule has 1 fully saturated rings. The summed E-state index contributed by atoms with van der Waals surface area (Å²) in [4.78, 5) is 2.44. The Balaban J connectivity index is 1.59. The first-order valence-corrected chi connectivity index (χ1v) is 7.32. The van der Waals surface area contributed by atoms with Crippen molar-refractivity contribution in [1.29, 1.82) is 0 Å². The fourth-order valence-electron chi connectivity index (χ4n) is 3.03. The van der Waals surface area contributed by atoms with E-state index in [9.17, 15) is 5.11 Å². The van der Waals surface area contributed by atoms with E-state index in [1.807, 2.05) is 30.3 Å². The molecule has 3 rings (SSSR count). The molecule has 1 saturated heterocycles. The van der Waals surface area contributed by atoms with Crippen LogP contribution in [0.4, 0.5) is 0 Å². The molecule has 104 valence electrons. The van der Waals surface area contributed by atoms with Crippen molar-refractivity contribution in [2.45, 2.75) is 19.1 Å². The second-order valence-electron chi connectivity index (χ2n) is 5.62. The number of aliphatic hydroxyl groups is 1. The molecule has 20 heavy (non-hydrogen) atoms. The standard InChI is InChI=1S/C18H21NO/c20-18(16-9-5-2-6-10-16)17-11-12-19(14-17)13-15-7-3-1-4-8-15/h1-10,17-18,20H,11-14H2/t17-,18+/m0/s1. The predicted octanol–water partition coefficient (Wildman–Crippen LogP) is 3.24. The second kappa shape index (κ2) is 6.21. The van der Waals surface area contributed by atoms with Crippen molar-refractivity contribution in [3.63, 3.8) is 0 Å². The van der Waals surface area contributed by atoms with Gasteiger partial charge in [-0.05, 0) is 24.1 Å². The Morgan fingerprint density at radius 3 is 2.35 bits per heavy atom. The maximum Gasteiger partial charge on any atom is 0.0830 e. The van der Waals surface area contributed by atoms with Crippen molar-refractivity contribution in [1.82, 2.24) is 4.90 Å². The number of hydrogen-bond acceptors (Lipinski definition) is 2. The molecule has 0 bridgehead atoms. The number of hydrogen-bond donors (Lipinski definition) is 1. The Labute approximate surface area is 120 Å². The third-order valence-corrected chi connectivity index (χ3v) is 4.15. The lowest BCUT2D eigenvalue weighted by atomic mass is 9.95.